The minimum atomic E-state index is 0.0556. The summed E-state index contributed by atoms with van der Waals surface area (Å²) in [5, 5.41) is 8.20. The van der Waals surface area contributed by atoms with E-state index in [9.17, 15) is 0 Å². The smallest absolute Gasteiger partial charge is 0.0751 e. The lowest BCUT2D eigenvalue weighted by atomic mass is 10.2. The molecule has 0 aromatic carbocycles. The molecule has 7 heavy (non-hydrogen) atoms. The first-order valence-electron chi connectivity index (χ1n) is 2.24. The predicted octanol–water partition coefficient (Wildman–Crippen LogP) is 0.361. The van der Waals surface area contributed by atoms with Crippen LogP contribution in [0.4, 0.5) is 0 Å². The quantitative estimate of drug-likeness (QED) is 0.436. The van der Waals surface area contributed by atoms with Gasteiger partial charge in [0, 0.05) is 6.42 Å². The molecule has 1 radical (unpaired) electrons. The van der Waals surface area contributed by atoms with Crippen LogP contribution in [0, 0.1) is 23.7 Å². The van der Waals surface area contributed by atoms with Gasteiger partial charge in [0.1, 0.15) is 0 Å². The van der Waals surface area contributed by atoms with E-state index >= 15 is 0 Å². The van der Waals surface area contributed by atoms with Crippen molar-refractivity contribution in [2.45, 2.75) is 0 Å². The van der Waals surface area contributed by atoms with Gasteiger partial charge in [0.15, 0.2) is 0 Å². The molecule has 1 atom stereocenters. The molecule has 1 aliphatic heterocycles. The first-order chi connectivity index (χ1) is 3.43. The lowest BCUT2D eigenvalue weighted by Crippen LogP contribution is -1.92. The van der Waals surface area contributed by atoms with Crippen LogP contribution in [0.15, 0.2) is 0 Å². The fourth-order valence-corrected chi connectivity index (χ4v) is 0.537. The summed E-state index contributed by atoms with van der Waals surface area (Å²) in [5.41, 5.74) is 0. The molecule has 0 saturated carbocycles. The van der Waals surface area contributed by atoms with Gasteiger partial charge in [0.25, 0.3) is 0 Å². The first-order valence-corrected chi connectivity index (χ1v) is 2.24. The lowest BCUT2D eigenvalue weighted by Gasteiger charge is -1.85. The SMILES string of the molecule is N#CC1[CH]COC1. The number of rotatable bonds is 0. The van der Waals surface area contributed by atoms with Crippen LogP contribution in [0.3, 0.4) is 0 Å². The van der Waals surface area contributed by atoms with Gasteiger partial charge >= 0.3 is 0 Å². The summed E-state index contributed by atoms with van der Waals surface area (Å²) in [6.45, 7) is 1.24. The maximum Gasteiger partial charge on any atom is 0.0751 e. The summed E-state index contributed by atoms with van der Waals surface area (Å²) in [6.07, 6.45) is 1.88. The van der Waals surface area contributed by atoms with E-state index in [4.69, 9.17) is 10.00 Å². The van der Waals surface area contributed by atoms with Crippen LogP contribution in [0.2, 0.25) is 0 Å². The molecule has 0 N–H and O–H groups in total. The highest BCUT2D eigenvalue weighted by atomic mass is 16.5. The fraction of sp³-hybridized carbons (Fsp3) is 0.600. The predicted molar refractivity (Wildman–Crippen MR) is 24.2 cm³/mol. The normalized spacial score (nSPS) is 29.9. The Kier molecular flexibility index (Phi) is 1.28. The average Bonchev–Trinajstić information content (AvgIpc) is 2.14. The van der Waals surface area contributed by atoms with Gasteiger partial charge in [-0.05, 0) is 0 Å². The fourth-order valence-electron chi connectivity index (χ4n) is 0.537. The van der Waals surface area contributed by atoms with E-state index < -0.39 is 0 Å². The molecule has 1 heterocycles. The highest BCUT2D eigenvalue weighted by Gasteiger charge is 2.13. The van der Waals surface area contributed by atoms with Crippen LogP contribution in [0.1, 0.15) is 0 Å². The second-order valence-corrected chi connectivity index (χ2v) is 1.51. The van der Waals surface area contributed by atoms with Crippen molar-refractivity contribution < 1.29 is 4.74 Å². The van der Waals surface area contributed by atoms with Crippen molar-refractivity contribution in [2.24, 2.45) is 5.92 Å². The maximum atomic E-state index is 8.20. The van der Waals surface area contributed by atoms with E-state index in [0.717, 1.165) is 0 Å². The molecule has 0 bridgehead atoms. The monoisotopic (exact) mass is 96.0 g/mol. The van der Waals surface area contributed by atoms with E-state index in [0.29, 0.717) is 13.2 Å². The number of hydrogen-bond acceptors (Lipinski definition) is 2. The van der Waals surface area contributed by atoms with Crippen LogP contribution in [0.5, 0.6) is 0 Å². The van der Waals surface area contributed by atoms with Crippen LogP contribution in [-0.2, 0) is 4.74 Å². The zero-order valence-corrected chi connectivity index (χ0v) is 3.92. The molecule has 0 spiro atoms. The Morgan fingerprint density at radius 3 is 3.00 bits per heavy atom. The summed E-state index contributed by atoms with van der Waals surface area (Å²) < 4.78 is 4.87. The van der Waals surface area contributed by atoms with Crippen molar-refractivity contribution in [2.75, 3.05) is 13.2 Å². The standard InChI is InChI=1S/C5H6NO/c6-3-5-1-2-7-4-5/h1,5H,2,4H2. The average molecular weight is 96.1 g/mol. The molecule has 1 saturated heterocycles. The molecule has 1 aliphatic rings. The summed E-state index contributed by atoms with van der Waals surface area (Å²) in [7, 11) is 0. The molecule has 0 aromatic rings. The Hall–Kier alpha value is -0.550. The summed E-state index contributed by atoms with van der Waals surface area (Å²) in [5.74, 6) is 0.0556. The molecule has 37 valence electrons. The minimum absolute atomic E-state index is 0.0556. The van der Waals surface area contributed by atoms with Crippen molar-refractivity contribution in [1.29, 1.82) is 5.26 Å². The lowest BCUT2D eigenvalue weighted by molar-refractivity contribution is 0.196. The summed E-state index contributed by atoms with van der Waals surface area (Å²) in [4.78, 5) is 0. The molecule has 1 unspecified atom stereocenters. The van der Waals surface area contributed by atoms with E-state index in [1.54, 1.807) is 0 Å². The summed E-state index contributed by atoms with van der Waals surface area (Å²) in [6, 6.07) is 2.08. The largest absolute Gasteiger partial charge is 0.380 e. The van der Waals surface area contributed by atoms with Crippen molar-refractivity contribution >= 4 is 0 Å². The highest BCUT2D eigenvalue weighted by Crippen LogP contribution is 2.07. The maximum absolute atomic E-state index is 8.20. The number of ether oxygens (including phenoxy) is 1. The van der Waals surface area contributed by atoms with E-state index in [1.165, 1.54) is 0 Å². The van der Waals surface area contributed by atoms with Gasteiger partial charge in [-0.2, -0.15) is 5.26 Å². The number of nitrogens with zero attached hydrogens (tertiary/aromatic N) is 1. The Labute approximate surface area is 42.7 Å². The van der Waals surface area contributed by atoms with Crippen molar-refractivity contribution in [3.05, 3.63) is 6.42 Å². The third-order valence-corrected chi connectivity index (χ3v) is 0.962. The van der Waals surface area contributed by atoms with Gasteiger partial charge < -0.3 is 4.74 Å². The van der Waals surface area contributed by atoms with Gasteiger partial charge in [0.05, 0.1) is 25.2 Å². The molecular weight excluding hydrogens is 90.1 g/mol. The van der Waals surface area contributed by atoms with Crippen LogP contribution < -0.4 is 0 Å². The highest BCUT2D eigenvalue weighted by molar-refractivity contribution is 4.96. The summed E-state index contributed by atoms with van der Waals surface area (Å²) >= 11 is 0. The van der Waals surface area contributed by atoms with Gasteiger partial charge in [-0.15, -0.1) is 0 Å². The van der Waals surface area contributed by atoms with Crippen LogP contribution >= 0.6 is 0 Å². The van der Waals surface area contributed by atoms with Gasteiger partial charge in [-0.25, -0.2) is 0 Å². The van der Waals surface area contributed by atoms with Crippen molar-refractivity contribution in [3.63, 3.8) is 0 Å². The Balaban J connectivity index is 2.31. The third-order valence-electron chi connectivity index (χ3n) is 0.962. The van der Waals surface area contributed by atoms with E-state index in [1.807, 2.05) is 6.42 Å². The second kappa shape index (κ2) is 1.94. The van der Waals surface area contributed by atoms with Crippen molar-refractivity contribution in [1.82, 2.24) is 0 Å². The minimum Gasteiger partial charge on any atom is -0.380 e. The van der Waals surface area contributed by atoms with E-state index in [2.05, 4.69) is 6.07 Å². The Morgan fingerprint density at radius 2 is 2.71 bits per heavy atom. The Morgan fingerprint density at radius 1 is 1.86 bits per heavy atom. The molecule has 1 fully saturated rings. The van der Waals surface area contributed by atoms with Crippen LogP contribution in [0.25, 0.3) is 0 Å². The zero-order chi connectivity index (χ0) is 5.11. The number of hydrogen-bond donors (Lipinski definition) is 0. The Bertz CT molecular complexity index is 88.7. The molecular formula is C5H6NO. The second-order valence-electron chi connectivity index (χ2n) is 1.51. The van der Waals surface area contributed by atoms with Gasteiger partial charge in [-0.1, -0.05) is 0 Å². The topological polar surface area (TPSA) is 33.0 Å². The molecule has 1 rings (SSSR count). The molecule has 0 amide bonds. The molecule has 2 nitrogen and oxygen atoms in total. The van der Waals surface area contributed by atoms with Gasteiger partial charge in [0.2, 0.25) is 0 Å². The van der Waals surface area contributed by atoms with E-state index in [-0.39, 0.29) is 5.92 Å². The molecule has 0 aliphatic carbocycles. The first kappa shape index (κ1) is 4.61. The molecule has 2 heteroatoms. The third kappa shape index (κ3) is 0.908. The molecule has 0 aromatic heterocycles. The van der Waals surface area contributed by atoms with Crippen molar-refractivity contribution in [3.8, 4) is 6.07 Å². The number of nitriles is 1. The zero-order valence-electron chi connectivity index (χ0n) is 3.92. The van der Waals surface area contributed by atoms with Gasteiger partial charge in [-0.3, -0.25) is 0 Å². The van der Waals surface area contributed by atoms with Crippen LogP contribution in [-0.4, -0.2) is 13.2 Å².